The van der Waals surface area contributed by atoms with E-state index in [2.05, 4.69) is 67.7 Å². The molecule has 8 nitrogen and oxygen atoms in total. The summed E-state index contributed by atoms with van der Waals surface area (Å²) in [4.78, 5) is 15.3. The zero-order valence-electron chi connectivity index (χ0n) is 23.9. The van der Waals surface area contributed by atoms with E-state index in [0.717, 1.165) is 60.2 Å². The lowest BCUT2D eigenvalue weighted by Crippen LogP contribution is -2.40. The molecule has 0 saturated heterocycles. The van der Waals surface area contributed by atoms with Gasteiger partial charge in [0.15, 0.2) is 0 Å². The molecule has 0 spiro atoms. The van der Waals surface area contributed by atoms with Crippen LogP contribution >= 0.6 is 0 Å². The highest BCUT2D eigenvalue weighted by molar-refractivity contribution is 5.88. The van der Waals surface area contributed by atoms with Crippen LogP contribution in [0, 0.1) is 5.92 Å². The fourth-order valence-corrected chi connectivity index (χ4v) is 6.01. The summed E-state index contributed by atoms with van der Waals surface area (Å²) in [5, 5.41) is 22.9. The van der Waals surface area contributed by atoms with E-state index in [1.54, 1.807) is 12.3 Å². The van der Waals surface area contributed by atoms with Gasteiger partial charge in [0.1, 0.15) is 17.6 Å². The maximum Gasteiger partial charge on any atom is 0.142 e. The first kappa shape index (κ1) is 27.6. The van der Waals surface area contributed by atoms with Gasteiger partial charge in [-0.05, 0) is 74.9 Å². The molecule has 1 fully saturated rings. The normalized spacial score (nSPS) is 22.2. The molecule has 8 heteroatoms. The number of hydrogen-bond acceptors (Lipinski definition) is 6. The smallest absolute Gasteiger partial charge is 0.142 e. The Kier molecular flexibility index (Phi) is 7.73. The molecule has 1 aliphatic carbocycles. The molecule has 1 aromatic carbocycles. The largest absolute Gasteiger partial charge is 0.398 e. The Hall–Kier alpha value is -2.94. The van der Waals surface area contributed by atoms with Gasteiger partial charge < -0.3 is 30.4 Å². The third-order valence-electron chi connectivity index (χ3n) is 8.48. The number of aryl methyl sites for hydroxylation is 1. The Morgan fingerprint density at radius 3 is 2.67 bits per heavy atom. The van der Waals surface area contributed by atoms with Gasteiger partial charge in [0, 0.05) is 48.4 Å². The number of hydrogen-bond donors (Lipinski definition) is 4. The second-order valence-electron chi connectivity index (χ2n) is 12.6. The third kappa shape index (κ3) is 5.69. The van der Waals surface area contributed by atoms with Gasteiger partial charge in [0.05, 0.1) is 23.2 Å². The fraction of sp³-hybridized carbons (Fsp3) is 0.548. The van der Waals surface area contributed by atoms with E-state index >= 15 is 0 Å². The van der Waals surface area contributed by atoms with Gasteiger partial charge in [0.2, 0.25) is 0 Å². The molecule has 39 heavy (non-hydrogen) atoms. The first-order chi connectivity index (χ1) is 18.5. The van der Waals surface area contributed by atoms with Crippen LogP contribution in [0.1, 0.15) is 71.3 Å². The third-order valence-corrected chi connectivity index (χ3v) is 8.48. The van der Waals surface area contributed by atoms with Crippen molar-refractivity contribution in [2.45, 2.75) is 90.0 Å². The van der Waals surface area contributed by atoms with Crippen molar-refractivity contribution in [3.05, 3.63) is 54.1 Å². The zero-order chi connectivity index (χ0) is 27.9. The number of nitrogens with two attached hydrogens (primary N) is 1. The molecule has 0 radical (unpaired) electrons. The molecular weight excluding hydrogens is 488 g/mol. The zero-order valence-corrected chi connectivity index (χ0v) is 23.9. The summed E-state index contributed by atoms with van der Waals surface area (Å²) in [6.07, 6.45) is 5.70. The Bertz CT molecular complexity index is 1420. The van der Waals surface area contributed by atoms with E-state index in [1.165, 1.54) is 5.56 Å². The number of aliphatic hydroxyl groups excluding tert-OH is 2. The molecule has 0 aliphatic heterocycles. The van der Waals surface area contributed by atoms with Gasteiger partial charge in [0.25, 0.3) is 0 Å². The molecule has 4 atom stereocenters. The number of aromatic amines is 1. The first-order valence-electron chi connectivity index (χ1n) is 14.3. The highest BCUT2D eigenvalue weighted by atomic mass is 16.3. The van der Waals surface area contributed by atoms with Crippen LogP contribution in [0.2, 0.25) is 0 Å². The quantitative estimate of drug-likeness (QED) is 0.230. The molecule has 0 bridgehead atoms. The summed E-state index contributed by atoms with van der Waals surface area (Å²) in [7, 11) is 0. The first-order valence-corrected chi connectivity index (χ1v) is 14.3. The van der Waals surface area contributed by atoms with Gasteiger partial charge in [-0.25, -0.2) is 9.97 Å². The van der Waals surface area contributed by atoms with Crippen molar-refractivity contribution in [2.75, 3.05) is 18.8 Å². The molecule has 210 valence electrons. The minimum absolute atomic E-state index is 0.0155. The number of nitrogen functional groups attached to an aromatic ring is 1. The van der Waals surface area contributed by atoms with Crippen molar-refractivity contribution in [3.8, 4) is 0 Å². The summed E-state index contributed by atoms with van der Waals surface area (Å²) in [6, 6.07) is 10.4. The maximum atomic E-state index is 11.0. The minimum Gasteiger partial charge on any atom is -0.398 e. The van der Waals surface area contributed by atoms with Gasteiger partial charge >= 0.3 is 0 Å². The summed E-state index contributed by atoms with van der Waals surface area (Å²) < 4.78 is 1.98. The maximum absolute atomic E-state index is 11.0. The van der Waals surface area contributed by atoms with Crippen molar-refractivity contribution in [1.29, 1.82) is 0 Å². The molecule has 4 aromatic rings. The molecule has 1 saturated carbocycles. The van der Waals surface area contributed by atoms with E-state index in [0.29, 0.717) is 18.2 Å². The Morgan fingerprint density at radius 2 is 1.92 bits per heavy atom. The number of rotatable bonds is 9. The van der Waals surface area contributed by atoms with Gasteiger partial charge in [-0.3, -0.25) is 0 Å². The average Bonchev–Trinajstić information content (AvgIpc) is 3.57. The molecular formula is C31H44N6O2. The number of benzene rings is 1. The number of fused-ring (bicyclic) bond motifs is 2. The molecule has 5 N–H and O–H groups in total. The highest BCUT2D eigenvalue weighted by Crippen LogP contribution is 2.38. The number of nitrogens with zero attached hydrogens (tertiary/aromatic N) is 4. The predicted molar refractivity (Wildman–Crippen MR) is 158 cm³/mol. The molecule has 0 unspecified atom stereocenters. The van der Waals surface area contributed by atoms with Crippen molar-refractivity contribution in [1.82, 2.24) is 24.4 Å². The lowest BCUT2D eigenvalue weighted by molar-refractivity contribution is -0.00171. The van der Waals surface area contributed by atoms with Crippen LogP contribution in [0.15, 0.2) is 42.7 Å². The molecule has 1 aliphatic rings. The average molecular weight is 533 g/mol. The van der Waals surface area contributed by atoms with Crippen LogP contribution in [-0.2, 0) is 11.8 Å². The Balaban J connectivity index is 1.18. The summed E-state index contributed by atoms with van der Waals surface area (Å²) in [6.45, 7) is 12.8. The standard InChI is InChI=1S/C31H44N6O2/c1-19(2)36(14-7-6-8-27-34-24-10-9-21(31(3,4)5)17-25(24)35-27)18-20-16-26(29(39)28(20)38)37-15-12-22-23(32)11-13-33-30(22)37/h9-13,15,17,19-20,26,28-29,38-39H,6-8,14,16,18H2,1-5H3,(H2,32,33)(H,34,35)/t20-,26+,28+,29-/m0/s1. The van der Waals surface area contributed by atoms with Crippen LogP contribution in [0.5, 0.6) is 0 Å². The van der Waals surface area contributed by atoms with E-state index in [4.69, 9.17) is 10.7 Å². The van der Waals surface area contributed by atoms with Gasteiger partial charge in [-0.2, -0.15) is 0 Å². The second kappa shape index (κ2) is 10.9. The van der Waals surface area contributed by atoms with Crippen molar-refractivity contribution < 1.29 is 10.2 Å². The van der Waals surface area contributed by atoms with E-state index in [-0.39, 0.29) is 17.4 Å². The SMILES string of the molecule is CC(C)N(CCCCc1nc2cc(C(C)(C)C)ccc2[nH]1)C[C@@H]1C[C@@H](n2ccc3c(N)ccnc32)[C@H](O)[C@@H]1O. The monoisotopic (exact) mass is 532 g/mol. The number of unbranched alkanes of at least 4 members (excludes halogenated alkanes) is 1. The van der Waals surface area contributed by atoms with Gasteiger partial charge in [-0.15, -0.1) is 0 Å². The summed E-state index contributed by atoms with van der Waals surface area (Å²) in [5.74, 6) is 1.02. The van der Waals surface area contributed by atoms with Crippen molar-refractivity contribution in [2.24, 2.45) is 5.92 Å². The topological polar surface area (TPSA) is 116 Å². The number of imidazole rings is 1. The Labute approximate surface area is 231 Å². The highest BCUT2D eigenvalue weighted by Gasteiger charge is 2.43. The van der Waals surface area contributed by atoms with Crippen LogP contribution in [0.25, 0.3) is 22.1 Å². The van der Waals surface area contributed by atoms with Crippen LogP contribution in [0.4, 0.5) is 5.69 Å². The van der Waals surface area contributed by atoms with E-state index in [9.17, 15) is 10.2 Å². The number of H-pyrrole nitrogens is 1. The van der Waals surface area contributed by atoms with E-state index in [1.807, 2.05) is 16.8 Å². The number of aromatic nitrogens is 4. The molecule has 0 amide bonds. The number of aliphatic hydroxyl groups is 2. The van der Waals surface area contributed by atoms with Crippen molar-refractivity contribution in [3.63, 3.8) is 0 Å². The summed E-state index contributed by atoms with van der Waals surface area (Å²) >= 11 is 0. The number of anilines is 1. The Morgan fingerprint density at radius 1 is 1.13 bits per heavy atom. The van der Waals surface area contributed by atoms with Gasteiger partial charge in [-0.1, -0.05) is 26.8 Å². The minimum atomic E-state index is -0.838. The lowest BCUT2D eigenvalue weighted by atomic mass is 9.87. The number of nitrogens with one attached hydrogen (secondary N) is 1. The molecule has 3 heterocycles. The molecule has 5 rings (SSSR count). The van der Waals surface area contributed by atoms with Crippen LogP contribution < -0.4 is 5.73 Å². The fourth-order valence-electron chi connectivity index (χ4n) is 6.01. The van der Waals surface area contributed by atoms with E-state index < -0.39 is 12.2 Å². The van der Waals surface area contributed by atoms with Crippen molar-refractivity contribution >= 4 is 27.8 Å². The number of pyridine rings is 1. The predicted octanol–water partition coefficient (Wildman–Crippen LogP) is 4.81. The lowest BCUT2D eigenvalue weighted by Gasteiger charge is -2.30. The van der Waals surface area contributed by atoms with Crippen LogP contribution in [0.3, 0.4) is 0 Å². The summed E-state index contributed by atoms with van der Waals surface area (Å²) in [5.41, 5.74) is 11.1. The van der Waals surface area contributed by atoms with Crippen LogP contribution in [-0.4, -0.2) is 66.0 Å². The molecule has 3 aromatic heterocycles. The second-order valence-corrected chi connectivity index (χ2v) is 12.6.